The largest absolute Gasteiger partial charge is 0.381 e. The zero-order valence-electron chi connectivity index (χ0n) is 9.67. The number of hydrogen-bond donors (Lipinski definition) is 2. The van der Waals surface area contributed by atoms with Gasteiger partial charge in [0.1, 0.15) is 5.78 Å². The van der Waals surface area contributed by atoms with Crippen LogP contribution in [0.2, 0.25) is 0 Å². The molecule has 2 amide bonds. The second kappa shape index (κ2) is 8.84. The minimum atomic E-state index is -0.375. The van der Waals surface area contributed by atoms with Crippen LogP contribution in [-0.4, -0.2) is 43.9 Å². The van der Waals surface area contributed by atoms with Crippen LogP contribution in [-0.2, 0) is 19.1 Å². The van der Waals surface area contributed by atoms with Gasteiger partial charge in [-0.25, -0.2) is 0 Å². The lowest BCUT2D eigenvalue weighted by molar-refractivity contribution is -0.127. The van der Waals surface area contributed by atoms with Crippen LogP contribution in [0, 0.1) is 0 Å². The van der Waals surface area contributed by atoms with Crippen LogP contribution >= 0.6 is 0 Å². The number of carbonyl (C=O) groups excluding carboxylic acids is 3. The Morgan fingerprint density at radius 3 is 2.25 bits per heavy atom. The van der Waals surface area contributed by atoms with E-state index in [-0.39, 0.29) is 37.1 Å². The minimum Gasteiger partial charge on any atom is -0.381 e. The average Bonchev–Trinajstić information content (AvgIpc) is 2.24. The van der Waals surface area contributed by atoms with E-state index >= 15 is 0 Å². The van der Waals surface area contributed by atoms with Crippen molar-refractivity contribution in [3.63, 3.8) is 0 Å². The van der Waals surface area contributed by atoms with E-state index in [2.05, 4.69) is 10.6 Å². The third kappa shape index (κ3) is 9.14. The monoisotopic (exact) mass is 230 g/mol. The maximum Gasteiger partial charge on any atom is 0.239 e. The van der Waals surface area contributed by atoms with Gasteiger partial charge in [-0.05, 0) is 13.8 Å². The molecule has 0 rings (SSSR count). The molecule has 0 atom stereocenters. The summed E-state index contributed by atoms with van der Waals surface area (Å²) in [5, 5.41) is 4.79. The molecule has 0 aliphatic rings. The van der Waals surface area contributed by atoms with E-state index < -0.39 is 0 Å². The molecule has 6 nitrogen and oxygen atoms in total. The predicted octanol–water partition coefficient (Wildman–Crippen LogP) is -0.766. The van der Waals surface area contributed by atoms with E-state index in [4.69, 9.17) is 4.74 Å². The fourth-order valence-electron chi connectivity index (χ4n) is 0.862. The normalized spacial score (nSPS) is 9.62. The van der Waals surface area contributed by atoms with Crippen LogP contribution < -0.4 is 10.6 Å². The molecular formula is C10H18N2O4. The van der Waals surface area contributed by atoms with Gasteiger partial charge in [-0.3, -0.25) is 14.4 Å². The Morgan fingerprint density at radius 1 is 1.06 bits per heavy atom. The molecule has 0 aromatic rings. The van der Waals surface area contributed by atoms with Gasteiger partial charge in [0.25, 0.3) is 0 Å². The van der Waals surface area contributed by atoms with E-state index in [1.165, 1.54) is 6.92 Å². The van der Waals surface area contributed by atoms with Gasteiger partial charge in [0.2, 0.25) is 11.8 Å². The number of ketones is 1. The Labute approximate surface area is 94.7 Å². The van der Waals surface area contributed by atoms with Crippen molar-refractivity contribution in [2.45, 2.75) is 20.3 Å². The second-order valence-corrected chi connectivity index (χ2v) is 3.20. The molecular weight excluding hydrogens is 212 g/mol. The van der Waals surface area contributed by atoms with E-state index in [0.717, 1.165) is 0 Å². The summed E-state index contributed by atoms with van der Waals surface area (Å²) >= 11 is 0. The van der Waals surface area contributed by atoms with Gasteiger partial charge >= 0.3 is 0 Å². The Hall–Kier alpha value is -1.43. The van der Waals surface area contributed by atoms with Crippen LogP contribution in [0.25, 0.3) is 0 Å². The molecule has 2 N–H and O–H groups in total. The summed E-state index contributed by atoms with van der Waals surface area (Å²) in [6, 6.07) is 0. The van der Waals surface area contributed by atoms with Gasteiger partial charge in [0.15, 0.2) is 0 Å². The van der Waals surface area contributed by atoms with Gasteiger partial charge in [0.05, 0.1) is 19.7 Å². The minimum absolute atomic E-state index is 0.00630. The van der Waals surface area contributed by atoms with Crippen molar-refractivity contribution < 1.29 is 19.1 Å². The molecule has 0 saturated heterocycles. The Morgan fingerprint density at radius 2 is 1.69 bits per heavy atom. The highest BCUT2D eigenvalue weighted by Crippen LogP contribution is 1.82. The Kier molecular flexibility index (Phi) is 8.05. The first-order valence-electron chi connectivity index (χ1n) is 5.16. The molecule has 92 valence electrons. The molecule has 0 fully saturated rings. The molecule has 6 heteroatoms. The van der Waals surface area contributed by atoms with Crippen LogP contribution in [0.3, 0.4) is 0 Å². The topological polar surface area (TPSA) is 84.5 Å². The number of rotatable bonds is 8. The number of Topliss-reactive ketones (excluding diaryl/α,β-unsaturated/α-hetero) is 1. The summed E-state index contributed by atoms with van der Waals surface area (Å²) in [5.41, 5.74) is 0. The van der Waals surface area contributed by atoms with Crippen molar-refractivity contribution in [1.29, 1.82) is 0 Å². The van der Waals surface area contributed by atoms with Crippen LogP contribution in [0.15, 0.2) is 0 Å². The predicted molar refractivity (Wildman–Crippen MR) is 57.8 cm³/mol. The zero-order valence-corrected chi connectivity index (χ0v) is 9.67. The van der Waals surface area contributed by atoms with Gasteiger partial charge in [-0.1, -0.05) is 0 Å². The van der Waals surface area contributed by atoms with Gasteiger partial charge in [-0.2, -0.15) is 0 Å². The van der Waals surface area contributed by atoms with Crippen molar-refractivity contribution >= 4 is 17.6 Å². The third-order valence-corrected chi connectivity index (χ3v) is 1.66. The molecule has 0 aliphatic carbocycles. The highest BCUT2D eigenvalue weighted by Gasteiger charge is 2.05. The van der Waals surface area contributed by atoms with E-state index in [1.54, 1.807) is 0 Å². The lowest BCUT2D eigenvalue weighted by Gasteiger charge is -2.05. The zero-order chi connectivity index (χ0) is 12.4. The first kappa shape index (κ1) is 14.6. The van der Waals surface area contributed by atoms with Crippen LogP contribution in [0.1, 0.15) is 20.3 Å². The highest BCUT2D eigenvalue weighted by atomic mass is 16.5. The SMILES string of the molecule is CCOCCC(=O)NCC(=O)NCC(C)=O. The summed E-state index contributed by atoms with van der Waals surface area (Å²) in [6.07, 6.45) is 0.230. The van der Waals surface area contributed by atoms with Gasteiger partial charge in [0, 0.05) is 13.0 Å². The molecule has 0 heterocycles. The quantitative estimate of drug-likeness (QED) is 0.536. The van der Waals surface area contributed by atoms with Gasteiger partial charge < -0.3 is 15.4 Å². The third-order valence-electron chi connectivity index (χ3n) is 1.66. The fourth-order valence-corrected chi connectivity index (χ4v) is 0.862. The molecule has 16 heavy (non-hydrogen) atoms. The molecule has 0 aromatic carbocycles. The Bertz CT molecular complexity index is 253. The molecule has 0 radical (unpaired) electrons. The summed E-state index contributed by atoms with van der Waals surface area (Å²) in [4.78, 5) is 32.7. The molecule has 0 spiro atoms. The van der Waals surface area contributed by atoms with E-state index in [1.807, 2.05) is 6.92 Å². The number of carbonyl (C=O) groups is 3. The standard InChI is InChI=1S/C10H18N2O4/c1-3-16-5-4-9(14)12-7-10(15)11-6-8(2)13/h3-7H2,1-2H3,(H,11,15)(H,12,14). The molecule has 0 aromatic heterocycles. The number of nitrogens with one attached hydrogen (secondary N) is 2. The molecule has 0 saturated carbocycles. The number of amides is 2. The molecule has 0 unspecified atom stereocenters. The lowest BCUT2D eigenvalue weighted by Crippen LogP contribution is -2.38. The Balaban J connectivity index is 3.51. The highest BCUT2D eigenvalue weighted by molar-refractivity contribution is 5.88. The summed E-state index contributed by atoms with van der Waals surface area (Å²) in [6.45, 7) is 4.00. The van der Waals surface area contributed by atoms with Crippen molar-refractivity contribution in [2.24, 2.45) is 0 Å². The first-order chi connectivity index (χ1) is 7.56. The number of ether oxygens (including phenoxy) is 1. The fraction of sp³-hybridized carbons (Fsp3) is 0.700. The van der Waals surface area contributed by atoms with Gasteiger partial charge in [-0.15, -0.1) is 0 Å². The molecule has 0 aliphatic heterocycles. The summed E-state index contributed by atoms with van der Waals surface area (Å²) < 4.78 is 4.98. The smallest absolute Gasteiger partial charge is 0.239 e. The van der Waals surface area contributed by atoms with Crippen LogP contribution in [0.5, 0.6) is 0 Å². The van der Waals surface area contributed by atoms with Crippen molar-refractivity contribution in [1.82, 2.24) is 10.6 Å². The summed E-state index contributed by atoms with van der Waals surface area (Å²) in [7, 11) is 0. The average molecular weight is 230 g/mol. The maximum absolute atomic E-state index is 11.1. The maximum atomic E-state index is 11.1. The van der Waals surface area contributed by atoms with Crippen molar-refractivity contribution in [2.75, 3.05) is 26.3 Å². The van der Waals surface area contributed by atoms with Crippen molar-refractivity contribution in [3.8, 4) is 0 Å². The lowest BCUT2D eigenvalue weighted by atomic mass is 10.4. The second-order valence-electron chi connectivity index (χ2n) is 3.20. The van der Waals surface area contributed by atoms with E-state index in [9.17, 15) is 14.4 Å². The molecule has 0 bridgehead atoms. The number of hydrogen-bond acceptors (Lipinski definition) is 4. The summed E-state index contributed by atoms with van der Waals surface area (Å²) in [5.74, 6) is -0.748. The first-order valence-corrected chi connectivity index (χ1v) is 5.16. The van der Waals surface area contributed by atoms with E-state index in [0.29, 0.717) is 13.2 Å². The van der Waals surface area contributed by atoms with Crippen molar-refractivity contribution in [3.05, 3.63) is 0 Å². The van der Waals surface area contributed by atoms with Crippen LogP contribution in [0.4, 0.5) is 0 Å².